The van der Waals surface area contributed by atoms with Gasteiger partial charge in [-0.2, -0.15) is 5.10 Å². The number of carbonyl (C=O) groups is 1. The van der Waals surface area contributed by atoms with Crippen molar-refractivity contribution in [3.63, 3.8) is 0 Å². The Morgan fingerprint density at radius 3 is 2.60 bits per heavy atom. The van der Waals surface area contributed by atoms with Gasteiger partial charge in [-0.3, -0.25) is 0 Å². The molecule has 0 aromatic carbocycles. The first-order chi connectivity index (χ1) is 4.63. The Morgan fingerprint density at radius 1 is 1.80 bits per heavy atom. The summed E-state index contributed by atoms with van der Waals surface area (Å²) in [5.41, 5.74) is -0.178. The normalized spacial score (nSPS) is 9.70. The van der Waals surface area contributed by atoms with Crippen LogP contribution in [0, 0.1) is 0 Å². The number of aromatic nitrogens is 2. The van der Waals surface area contributed by atoms with Crippen molar-refractivity contribution in [2.45, 2.75) is 0 Å². The molecular formula is C5H6N2O3. The molecule has 0 saturated carbocycles. The van der Waals surface area contributed by atoms with Crippen molar-refractivity contribution in [2.24, 2.45) is 7.05 Å². The standard InChI is InChI=1S/C5H6N2O3/c1-7-4(8)3(2-6-7)5(9)10/h2,8H,1H3,(H,9,10). The lowest BCUT2D eigenvalue weighted by atomic mass is 10.3. The molecule has 0 amide bonds. The minimum atomic E-state index is -1.18. The summed E-state index contributed by atoms with van der Waals surface area (Å²) < 4.78 is 1.09. The van der Waals surface area contributed by atoms with Gasteiger partial charge < -0.3 is 10.2 Å². The molecule has 1 aromatic rings. The van der Waals surface area contributed by atoms with Crippen LogP contribution in [0.2, 0.25) is 0 Å². The van der Waals surface area contributed by atoms with E-state index in [-0.39, 0.29) is 11.4 Å². The summed E-state index contributed by atoms with van der Waals surface area (Å²) in [6, 6.07) is 0. The van der Waals surface area contributed by atoms with Crippen LogP contribution in [0.25, 0.3) is 0 Å². The number of aryl methyl sites for hydroxylation is 1. The van der Waals surface area contributed by atoms with E-state index in [0.29, 0.717) is 0 Å². The Kier molecular flexibility index (Phi) is 1.33. The van der Waals surface area contributed by atoms with Gasteiger partial charge in [0.05, 0.1) is 6.20 Å². The van der Waals surface area contributed by atoms with E-state index in [1.54, 1.807) is 0 Å². The maximum absolute atomic E-state index is 10.2. The lowest BCUT2D eigenvalue weighted by Gasteiger charge is -1.90. The first kappa shape index (κ1) is 6.60. The van der Waals surface area contributed by atoms with Gasteiger partial charge in [0, 0.05) is 7.05 Å². The van der Waals surface area contributed by atoms with Crippen LogP contribution in [-0.2, 0) is 7.05 Å². The van der Waals surface area contributed by atoms with Gasteiger partial charge in [0.1, 0.15) is 5.56 Å². The van der Waals surface area contributed by atoms with Crippen molar-refractivity contribution in [1.82, 2.24) is 9.78 Å². The number of carboxylic acids is 1. The number of carboxylic acid groups (broad SMARTS) is 1. The van der Waals surface area contributed by atoms with E-state index in [1.165, 1.54) is 7.05 Å². The monoisotopic (exact) mass is 142 g/mol. The molecule has 0 aliphatic heterocycles. The largest absolute Gasteiger partial charge is 0.493 e. The molecule has 0 aliphatic rings. The Labute approximate surface area is 56.5 Å². The molecule has 0 unspecified atom stereocenters. The zero-order chi connectivity index (χ0) is 7.72. The zero-order valence-corrected chi connectivity index (χ0v) is 5.27. The summed E-state index contributed by atoms with van der Waals surface area (Å²) in [6.45, 7) is 0. The van der Waals surface area contributed by atoms with Crippen LogP contribution in [0.15, 0.2) is 6.20 Å². The fourth-order valence-corrected chi connectivity index (χ4v) is 0.582. The first-order valence-electron chi connectivity index (χ1n) is 2.57. The van der Waals surface area contributed by atoms with E-state index in [1.807, 2.05) is 0 Å². The Balaban J connectivity index is 3.17. The first-order valence-corrected chi connectivity index (χ1v) is 2.57. The molecule has 54 valence electrons. The molecule has 1 aromatic heterocycles. The topological polar surface area (TPSA) is 75.4 Å². The minimum absolute atomic E-state index is 0.178. The average Bonchev–Trinajstić information content (AvgIpc) is 2.14. The molecule has 0 saturated heterocycles. The van der Waals surface area contributed by atoms with Crippen molar-refractivity contribution in [3.8, 4) is 5.88 Å². The van der Waals surface area contributed by atoms with Crippen molar-refractivity contribution in [2.75, 3.05) is 0 Å². The molecule has 1 heterocycles. The summed E-state index contributed by atoms with van der Waals surface area (Å²) in [5.74, 6) is -1.50. The summed E-state index contributed by atoms with van der Waals surface area (Å²) >= 11 is 0. The van der Waals surface area contributed by atoms with Crippen molar-refractivity contribution in [1.29, 1.82) is 0 Å². The van der Waals surface area contributed by atoms with E-state index in [2.05, 4.69) is 5.10 Å². The highest BCUT2D eigenvalue weighted by Crippen LogP contribution is 2.13. The molecule has 2 N–H and O–H groups in total. The second kappa shape index (κ2) is 2.02. The van der Waals surface area contributed by atoms with Gasteiger partial charge in [0.25, 0.3) is 0 Å². The Morgan fingerprint density at radius 2 is 2.40 bits per heavy atom. The van der Waals surface area contributed by atoms with Crippen molar-refractivity contribution in [3.05, 3.63) is 11.8 Å². The highest BCUT2D eigenvalue weighted by molar-refractivity contribution is 5.89. The molecular weight excluding hydrogens is 136 g/mol. The third kappa shape index (κ3) is 0.812. The maximum atomic E-state index is 10.2. The number of nitrogens with zero attached hydrogens (tertiary/aromatic N) is 2. The number of aromatic hydroxyl groups is 1. The molecule has 5 heteroatoms. The molecule has 0 bridgehead atoms. The molecule has 0 radical (unpaired) electrons. The molecule has 0 atom stereocenters. The number of aromatic carboxylic acids is 1. The van der Waals surface area contributed by atoms with Crippen LogP contribution in [0.3, 0.4) is 0 Å². The predicted octanol–water partition coefficient (Wildman–Crippen LogP) is -0.176. The van der Waals surface area contributed by atoms with Gasteiger partial charge in [-0.05, 0) is 0 Å². The molecule has 0 aliphatic carbocycles. The summed E-state index contributed by atoms with van der Waals surface area (Å²) in [5, 5.41) is 20.8. The molecule has 5 nitrogen and oxygen atoms in total. The lowest BCUT2D eigenvalue weighted by Crippen LogP contribution is -1.95. The van der Waals surface area contributed by atoms with Crippen molar-refractivity contribution >= 4 is 5.97 Å². The third-order valence-corrected chi connectivity index (χ3v) is 1.14. The summed E-state index contributed by atoms with van der Waals surface area (Å²) in [4.78, 5) is 10.2. The smallest absolute Gasteiger partial charge is 0.342 e. The van der Waals surface area contributed by atoms with E-state index in [4.69, 9.17) is 10.2 Å². The zero-order valence-electron chi connectivity index (χ0n) is 5.27. The van der Waals surface area contributed by atoms with E-state index < -0.39 is 5.97 Å². The average molecular weight is 142 g/mol. The van der Waals surface area contributed by atoms with Crippen LogP contribution >= 0.6 is 0 Å². The van der Waals surface area contributed by atoms with Crippen molar-refractivity contribution < 1.29 is 15.0 Å². The van der Waals surface area contributed by atoms with Crippen LogP contribution in [0.1, 0.15) is 10.4 Å². The molecule has 10 heavy (non-hydrogen) atoms. The van der Waals surface area contributed by atoms with E-state index in [9.17, 15) is 4.79 Å². The van der Waals surface area contributed by atoms with Gasteiger partial charge in [-0.15, -0.1) is 0 Å². The van der Waals surface area contributed by atoms with Gasteiger partial charge in [0.15, 0.2) is 0 Å². The van der Waals surface area contributed by atoms with Crippen LogP contribution in [-0.4, -0.2) is 26.0 Å². The molecule has 0 spiro atoms. The maximum Gasteiger partial charge on any atom is 0.342 e. The van der Waals surface area contributed by atoms with E-state index >= 15 is 0 Å². The second-order valence-corrected chi connectivity index (χ2v) is 1.81. The predicted molar refractivity (Wildman–Crippen MR) is 31.8 cm³/mol. The quantitative estimate of drug-likeness (QED) is 0.570. The Hall–Kier alpha value is -1.52. The number of hydrogen-bond donors (Lipinski definition) is 2. The van der Waals surface area contributed by atoms with E-state index in [0.717, 1.165) is 10.9 Å². The van der Waals surface area contributed by atoms with Gasteiger partial charge >= 0.3 is 5.97 Å². The lowest BCUT2D eigenvalue weighted by molar-refractivity contribution is 0.0693. The van der Waals surface area contributed by atoms with Gasteiger partial charge in [-0.25, -0.2) is 9.48 Å². The SMILES string of the molecule is Cn1ncc(C(=O)O)c1O. The molecule has 0 fully saturated rings. The third-order valence-electron chi connectivity index (χ3n) is 1.14. The summed E-state index contributed by atoms with van der Waals surface area (Å²) in [7, 11) is 1.46. The fourth-order valence-electron chi connectivity index (χ4n) is 0.582. The minimum Gasteiger partial charge on any atom is -0.493 e. The highest BCUT2D eigenvalue weighted by atomic mass is 16.4. The second-order valence-electron chi connectivity index (χ2n) is 1.81. The van der Waals surface area contributed by atoms with Crippen LogP contribution in [0.5, 0.6) is 5.88 Å². The fraction of sp³-hybridized carbons (Fsp3) is 0.200. The van der Waals surface area contributed by atoms with Gasteiger partial charge in [-0.1, -0.05) is 0 Å². The van der Waals surface area contributed by atoms with Gasteiger partial charge in [0.2, 0.25) is 5.88 Å². The summed E-state index contributed by atoms with van der Waals surface area (Å²) in [6.07, 6.45) is 1.09. The van der Waals surface area contributed by atoms with Crippen LogP contribution < -0.4 is 0 Å². The number of rotatable bonds is 1. The highest BCUT2D eigenvalue weighted by Gasteiger charge is 2.12. The Bertz CT molecular complexity index is 266. The number of hydrogen-bond acceptors (Lipinski definition) is 3. The van der Waals surface area contributed by atoms with Crippen LogP contribution in [0.4, 0.5) is 0 Å². The molecule has 1 rings (SSSR count).